The van der Waals surface area contributed by atoms with Crippen LogP contribution in [0, 0.1) is 5.82 Å². The molecule has 3 nitrogen and oxygen atoms in total. The van der Waals surface area contributed by atoms with Crippen molar-refractivity contribution < 1.29 is 14.3 Å². The number of piperidine rings is 1. The molecule has 2 rings (SSSR count). The van der Waals surface area contributed by atoms with Crippen LogP contribution in [0.3, 0.4) is 0 Å². The highest BCUT2D eigenvalue weighted by Gasteiger charge is 2.32. The minimum atomic E-state index is -0.662. The van der Waals surface area contributed by atoms with E-state index in [2.05, 4.69) is 0 Å². The van der Waals surface area contributed by atoms with Crippen molar-refractivity contribution in [1.29, 1.82) is 0 Å². The van der Waals surface area contributed by atoms with Gasteiger partial charge in [0.2, 0.25) is 0 Å². The maximum absolute atomic E-state index is 13.7. The van der Waals surface area contributed by atoms with Gasteiger partial charge in [-0.25, -0.2) is 4.39 Å². The van der Waals surface area contributed by atoms with Gasteiger partial charge in [-0.3, -0.25) is 4.79 Å². The SMILES string of the molecule is CC1CCCC(C)N1C(=O)c1c(O)cccc1F. The number of hydrogen-bond donors (Lipinski definition) is 1. The van der Waals surface area contributed by atoms with E-state index in [4.69, 9.17) is 0 Å². The lowest BCUT2D eigenvalue weighted by molar-refractivity contribution is 0.0503. The number of likely N-dealkylation sites (tertiary alicyclic amines) is 1. The summed E-state index contributed by atoms with van der Waals surface area (Å²) in [7, 11) is 0. The van der Waals surface area contributed by atoms with Gasteiger partial charge < -0.3 is 10.0 Å². The van der Waals surface area contributed by atoms with Crippen LogP contribution in [0.25, 0.3) is 0 Å². The van der Waals surface area contributed by atoms with Crippen LogP contribution in [-0.4, -0.2) is 28.0 Å². The Morgan fingerprint density at radius 1 is 1.33 bits per heavy atom. The summed E-state index contributed by atoms with van der Waals surface area (Å²) in [5, 5.41) is 9.68. The monoisotopic (exact) mass is 251 g/mol. The summed E-state index contributed by atoms with van der Waals surface area (Å²) in [5.74, 6) is -1.36. The van der Waals surface area contributed by atoms with Gasteiger partial charge in [-0.2, -0.15) is 0 Å². The van der Waals surface area contributed by atoms with Crippen LogP contribution >= 0.6 is 0 Å². The second kappa shape index (κ2) is 4.96. The molecule has 0 spiro atoms. The Labute approximate surface area is 106 Å². The summed E-state index contributed by atoms with van der Waals surface area (Å²) in [6.07, 6.45) is 2.92. The van der Waals surface area contributed by atoms with Crippen LogP contribution in [0.1, 0.15) is 43.5 Å². The van der Waals surface area contributed by atoms with Crippen molar-refractivity contribution in [2.75, 3.05) is 0 Å². The zero-order valence-electron chi connectivity index (χ0n) is 10.7. The molecule has 0 bridgehead atoms. The van der Waals surface area contributed by atoms with Crippen molar-refractivity contribution in [3.63, 3.8) is 0 Å². The third-order valence-electron chi connectivity index (χ3n) is 3.63. The van der Waals surface area contributed by atoms with E-state index in [1.54, 1.807) is 4.90 Å². The molecule has 18 heavy (non-hydrogen) atoms. The largest absolute Gasteiger partial charge is 0.507 e. The predicted molar refractivity (Wildman–Crippen MR) is 67.0 cm³/mol. The molecule has 1 amide bonds. The first-order chi connectivity index (χ1) is 8.52. The highest BCUT2D eigenvalue weighted by Crippen LogP contribution is 2.28. The molecule has 4 heteroatoms. The van der Waals surface area contributed by atoms with E-state index in [-0.39, 0.29) is 23.4 Å². The molecule has 1 aromatic rings. The van der Waals surface area contributed by atoms with Crippen LogP contribution in [0.2, 0.25) is 0 Å². The van der Waals surface area contributed by atoms with E-state index in [0.29, 0.717) is 0 Å². The highest BCUT2D eigenvalue weighted by molar-refractivity contribution is 5.97. The van der Waals surface area contributed by atoms with Gasteiger partial charge in [0.15, 0.2) is 0 Å². The lowest BCUT2D eigenvalue weighted by Crippen LogP contribution is -2.47. The summed E-state index contributed by atoms with van der Waals surface area (Å²) in [4.78, 5) is 14.1. The van der Waals surface area contributed by atoms with Gasteiger partial charge in [0.1, 0.15) is 17.1 Å². The molecule has 0 aromatic heterocycles. The molecule has 1 saturated heterocycles. The number of rotatable bonds is 1. The molecular formula is C14H18FNO2. The van der Waals surface area contributed by atoms with Crippen LogP contribution in [0.4, 0.5) is 4.39 Å². The second-order valence-electron chi connectivity index (χ2n) is 4.98. The number of benzene rings is 1. The molecule has 1 aromatic carbocycles. The third-order valence-corrected chi connectivity index (χ3v) is 3.63. The summed E-state index contributed by atoms with van der Waals surface area (Å²) in [6, 6.07) is 4.10. The Kier molecular flexibility index (Phi) is 3.55. The Morgan fingerprint density at radius 2 is 1.94 bits per heavy atom. The number of halogens is 1. The molecule has 1 heterocycles. The van der Waals surface area contributed by atoms with Crippen LogP contribution in [0.5, 0.6) is 5.75 Å². The number of hydrogen-bond acceptors (Lipinski definition) is 2. The number of phenolic OH excluding ortho intramolecular Hbond substituents is 1. The molecular weight excluding hydrogens is 233 g/mol. The Morgan fingerprint density at radius 3 is 2.50 bits per heavy atom. The standard InChI is InChI=1S/C14H18FNO2/c1-9-5-3-6-10(2)16(9)14(18)13-11(15)7-4-8-12(13)17/h4,7-10,17H,3,5-6H2,1-2H3. The molecule has 0 aliphatic carbocycles. The Hall–Kier alpha value is -1.58. The Bertz CT molecular complexity index is 431. The molecule has 2 atom stereocenters. The molecule has 0 radical (unpaired) electrons. The molecule has 98 valence electrons. The van der Waals surface area contributed by atoms with Crippen LogP contribution < -0.4 is 0 Å². The summed E-state index contributed by atoms with van der Waals surface area (Å²) < 4.78 is 13.7. The topological polar surface area (TPSA) is 40.5 Å². The van der Waals surface area contributed by atoms with Crippen molar-refractivity contribution in [3.05, 3.63) is 29.6 Å². The number of aromatic hydroxyl groups is 1. The average Bonchev–Trinajstić information content (AvgIpc) is 2.28. The van der Waals surface area contributed by atoms with Gasteiger partial charge in [-0.1, -0.05) is 6.07 Å². The quantitative estimate of drug-likeness (QED) is 0.833. The van der Waals surface area contributed by atoms with E-state index in [1.165, 1.54) is 18.2 Å². The first-order valence-electron chi connectivity index (χ1n) is 6.32. The summed E-state index contributed by atoms with van der Waals surface area (Å²) >= 11 is 0. The zero-order chi connectivity index (χ0) is 13.3. The van der Waals surface area contributed by atoms with Gasteiger partial charge >= 0.3 is 0 Å². The van der Waals surface area contributed by atoms with E-state index < -0.39 is 11.7 Å². The smallest absolute Gasteiger partial charge is 0.261 e. The lowest BCUT2D eigenvalue weighted by Gasteiger charge is -2.39. The molecule has 1 fully saturated rings. The number of amides is 1. The third kappa shape index (κ3) is 2.19. The minimum absolute atomic E-state index is 0.0836. The fourth-order valence-corrected chi connectivity index (χ4v) is 2.68. The fourth-order valence-electron chi connectivity index (χ4n) is 2.68. The highest BCUT2D eigenvalue weighted by atomic mass is 19.1. The van der Waals surface area contributed by atoms with E-state index >= 15 is 0 Å². The van der Waals surface area contributed by atoms with Crippen molar-refractivity contribution in [3.8, 4) is 5.75 Å². The predicted octanol–water partition coefficient (Wildman–Crippen LogP) is 2.93. The van der Waals surface area contributed by atoms with E-state index in [1.807, 2.05) is 13.8 Å². The molecule has 1 aliphatic heterocycles. The van der Waals surface area contributed by atoms with E-state index in [0.717, 1.165) is 19.3 Å². The first-order valence-corrected chi connectivity index (χ1v) is 6.32. The molecule has 1 aliphatic rings. The van der Waals surface area contributed by atoms with Gasteiger partial charge in [-0.05, 0) is 45.2 Å². The Balaban J connectivity index is 2.35. The number of carbonyl (C=O) groups is 1. The maximum Gasteiger partial charge on any atom is 0.261 e. The lowest BCUT2D eigenvalue weighted by atomic mass is 9.96. The van der Waals surface area contributed by atoms with Crippen molar-refractivity contribution in [1.82, 2.24) is 4.90 Å². The van der Waals surface area contributed by atoms with Crippen LogP contribution in [-0.2, 0) is 0 Å². The van der Waals surface area contributed by atoms with Gasteiger partial charge in [0.05, 0.1) is 0 Å². The van der Waals surface area contributed by atoms with Crippen molar-refractivity contribution in [2.24, 2.45) is 0 Å². The number of nitrogens with zero attached hydrogens (tertiary/aromatic N) is 1. The van der Waals surface area contributed by atoms with E-state index in [9.17, 15) is 14.3 Å². The van der Waals surface area contributed by atoms with Gasteiger partial charge in [-0.15, -0.1) is 0 Å². The van der Waals surface area contributed by atoms with Crippen LogP contribution in [0.15, 0.2) is 18.2 Å². The number of phenols is 1. The first kappa shape index (κ1) is 12.9. The summed E-state index contributed by atoms with van der Waals surface area (Å²) in [6.45, 7) is 3.93. The summed E-state index contributed by atoms with van der Waals surface area (Å²) in [5.41, 5.74) is -0.210. The van der Waals surface area contributed by atoms with Crippen molar-refractivity contribution >= 4 is 5.91 Å². The normalized spacial score (nSPS) is 24.1. The molecule has 2 unspecified atom stereocenters. The average molecular weight is 251 g/mol. The fraction of sp³-hybridized carbons (Fsp3) is 0.500. The minimum Gasteiger partial charge on any atom is -0.507 e. The zero-order valence-corrected chi connectivity index (χ0v) is 10.7. The molecule has 1 N–H and O–H groups in total. The maximum atomic E-state index is 13.7. The van der Waals surface area contributed by atoms with Gasteiger partial charge in [0, 0.05) is 12.1 Å². The number of carbonyl (C=O) groups excluding carboxylic acids is 1. The second-order valence-corrected chi connectivity index (χ2v) is 4.98. The van der Waals surface area contributed by atoms with Crippen molar-refractivity contribution in [2.45, 2.75) is 45.2 Å². The van der Waals surface area contributed by atoms with Gasteiger partial charge in [0.25, 0.3) is 5.91 Å². The molecule has 0 saturated carbocycles.